The number of para-hydroxylation sites is 1. The molecule has 2 amide bonds. The fourth-order valence-corrected chi connectivity index (χ4v) is 3.86. The SMILES string of the molecule is CCc1ccccc1NC(=O)CNC(=O)CSc1c(C)cc(C)cc1C. The molecule has 0 unspecified atom stereocenters. The van der Waals surface area contributed by atoms with E-state index >= 15 is 0 Å². The maximum atomic E-state index is 12.1. The summed E-state index contributed by atoms with van der Waals surface area (Å²) in [6.07, 6.45) is 0.842. The summed E-state index contributed by atoms with van der Waals surface area (Å²) in [5, 5.41) is 5.54. The molecule has 2 aromatic rings. The molecule has 0 fully saturated rings. The van der Waals surface area contributed by atoms with Crippen LogP contribution < -0.4 is 10.6 Å². The molecule has 5 heteroatoms. The van der Waals surface area contributed by atoms with Crippen LogP contribution in [0.3, 0.4) is 0 Å². The molecule has 4 nitrogen and oxygen atoms in total. The molecule has 0 aliphatic rings. The smallest absolute Gasteiger partial charge is 0.243 e. The van der Waals surface area contributed by atoms with Gasteiger partial charge in [-0.1, -0.05) is 42.8 Å². The third-order valence-electron chi connectivity index (χ3n) is 4.07. The summed E-state index contributed by atoms with van der Waals surface area (Å²) in [5.41, 5.74) is 5.45. The van der Waals surface area contributed by atoms with Gasteiger partial charge in [0.15, 0.2) is 0 Å². The monoisotopic (exact) mass is 370 g/mol. The van der Waals surface area contributed by atoms with E-state index in [1.807, 2.05) is 31.2 Å². The van der Waals surface area contributed by atoms with Gasteiger partial charge in [0, 0.05) is 10.6 Å². The van der Waals surface area contributed by atoms with Crippen molar-refractivity contribution in [2.75, 3.05) is 17.6 Å². The van der Waals surface area contributed by atoms with Crippen LogP contribution in [0.25, 0.3) is 0 Å². The number of carbonyl (C=O) groups is 2. The van der Waals surface area contributed by atoms with Gasteiger partial charge in [0.1, 0.15) is 0 Å². The molecular formula is C21H26N2O2S. The standard InChI is InChI=1S/C21H26N2O2S/c1-5-17-8-6-7-9-18(17)23-19(24)12-22-20(25)13-26-21-15(3)10-14(2)11-16(21)4/h6-11H,5,12-13H2,1-4H3,(H,22,25)(H,23,24). The molecule has 2 N–H and O–H groups in total. The zero-order chi connectivity index (χ0) is 19.1. The van der Waals surface area contributed by atoms with E-state index in [2.05, 4.69) is 43.5 Å². The van der Waals surface area contributed by atoms with Crippen LogP contribution in [0, 0.1) is 20.8 Å². The number of benzene rings is 2. The Morgan fingerprint density at radius 3 is 2.31 bits per heavy atom. The van der Waals surface area contributed by atoms with Crippen molar-refractivity contribution in [2.24, 2.45) is 0 Å². The number of nitrogens with one attached hydrogen (secondary N) is 2. The maximum absolute atomic E-state index is 12.1. The van der Waals surface area contributed by atoms with Gasteiger partial charge in [0.2, 0.25) is 11.8 Å². The molecule has 0 bridgehead atoms. The quantitative estimate of drug-likeness (QED) is 0.724. The highest BCUT2D eigenvalue weighted by atomic mass is 32.2. The highest BCUT2D eigenvalue weighted by Crippen LogP contribution is 2.27. The van der Waals surface area contributed by atoms with Crippen LogP contribution in [0.2, 0.25) is 0 Å². The fourth-order valence-electron chi connectivity index (χ4n) is 2.91. The van der Waals surface area contributed by atoms with Crippen LogP contribution in [0.15, 0.2) is 41.3 Å². The van der Waals surface area contributed by atoms with Crippen molar-refractivity contribution in [3.8, 4) is 0 Å². The normalized spacial score (nSPS) is 10.5. The Kier molecular flexibility index (Phi) is 7.27. The highest BCUT2D eigenvalue weighted by Gasteiger charge is 2.10. The average molecular weight is 371 g/mol. The van der Waals surface area contributed by atoms with Crippen LogP contribution in [-0.2, 0) is 16.0 Å². The number of aryl methyl sites for hydroxylation is 4. The number of anilines is 1. The van der Waals surface area contributed by atoms with Crippen molar-refractivity contribution < 1.29 is 9.59 Å². The van der Waals surface area contributed by atoms with Crippen molar-refractivity contribution >= 4 is 29.3 Å². The first-order chi connectivity index (χ1) is 12.4. The Hall–Kier alpha value is -2.27. The van der Waals surface area contributed by atoms with Gasteiger partial charge in [-0.2, -0.15) is 0 Å². The van der Waals surface area contributed by atoms with E-state index in [0.717, 1.165) is 22.6 Å². The van der Waals surface area contributed by atoms with Gasteiger partial charge in [-0.15, -0.1) is 11.8 Å². The molecule has 0 aliphatic heterocycles. The average Bonchev–Trinajstić information content (AvgIpc) is 2.59. The van der Waals surface area contributed by atoms with Crippen molar-refractivity contribution in [3.05, 3.63) is 58.7 Å². The first-order valence-corrected chi connectivity index (χ1v) is 9.74. The van der Waals surface area contributed by atoms with E-state index in [4.69, 9.17) is 0 Å². The summed E-state index contributed by atoms with van der Waals surface area (Å²) in [4.78, 5) is 25.3. The summed E-state index contributed by atoms with van der Waals surface area (Å²) in [6.45, 7) is 8.19. The Labute approximate surface area is 159 Å². The highest BCUT2D eigenvalue weighted by molar-refractivity contribution is 8.00. The van der Waals surface area contributed by atoms with Crippen LogP contribution in [-0.4, -0.2) is 24.1 Å². The third-order valence-corrected chi connectivity index (χ3v) is 5.41. The van der Waals surface area contributed by atoms with Gasteiger partial charge in [0.25, 0.3) is 0 Å². The summed E-state index contributed by atoms with van der Waals surface area (Å²) in [7, 11) is 0. The zero-order valence-electron chi connectivity index (χ0n) is 15.8. The van der Waals surface area contributed by atoms with Crippen molar-refractivity contribution in [1.29, 1.82) is 0 Å². The largest absolute Gasteiger partial charge is 0.346 e. The van der Waals surface area contributed by atoms with Gasteiger partial charge in [-0.05, 0) is 49.9 Å². The van der Waals surface area contributed by atoms with E-state index in [1.54, 1.807) is 0 Å². The van der Waals surface area contributed by atoms with Crippen molar-refractivity contribution in [1.82, 2.24) is 5.32 Å². The van der Waals surface area contributed by atoms with Gasteiger partial charge >= 0.3 is 0 Å². The molecule has 0 heterocycles. The second-order valence-corrected chi connectivity index (χ2v) is 7.34. The van der Waals surface area contributed by atoms with E-state index in [0.29, 0.717) is 5.75 Å². The lowest BCUT2D eigenvalue weighted by Gasteiger charge is -2.12. The Bertz CT molecular complexity index is 779. The Morgan fingerprint density at radius 1 is 1.00 bits per heavy atom. The van der Waals surface area contributed by atoms with Crippen LogP contribution in [0.4, 0.5) is 5.69 Å². The molecule has 138 valence electrons. The first-order valence-electron chi connectivity index (χ1n) is 8.75. The predicted octanol–water partition coefficient (Wildman–Crippen LogP) is 4.02. The molecular weight excluding hydrogens is 344 g/mol. The second kappa shape index (κ2) is 9.43. The predicted molar refractivity (Wildman–Crippen MR) is 109 cm³/mol. The van der Waals surface area contributed by atoms with Gasteiger partial charge < -0.3 is 10.6 Å². The van der Waals surface area contributed by atoms with E-state index in [9.17, 15) is 9.59 Å². The Balaban J connectivity index is 1.82. The minimum Gasteiger partial charge on any atom is -0.346 e. The molecule has 2 rings (SSSR count). The summed E-state index contributed by atoms with van der Waals surface area (Å²) < 4.78 is 0. The van der Waals surface area contributed by atoms with Gasteiger partial charge in [-0.25, -0.2) is 0 Å². The lowest BCUT2D eigenvalue weighted by Crippen LogP contribution is -2.34. The second-order valence-electron chi connectivity index (χ2n) is 6.35. The van der Waals surface area contributed by atoms with Crippen LogP contribution >= 0.6 is 11.8 Å². The summed E-state index contributed by atoms with van der Waals surface area (Å²) in [6, 6.07) is 11.9. The number of carbonyl (C=O) groups excluding carboxylic acids is 2. The topological polar surface area (TPSA) is 58.2 Å². The molecule has 0 radical (unpaired) electrons. The van der Waals surface area contributed by atoms with E-state index < -0.39 is 0 Å². The molecule has 2 aromatic carbocycles. The van der Waals surface area contributed by atoms with Crippen molar-refractivity contribution in [2.45, 2.75) is 39.0 Å². The third kappa shape index (κ3) is 5.63. The zero-order valence-corrected chi connectivity index (χ0v) is 16.6. The minimum absolute atomic E-state index is 0.0245. The number of hydrogen-bond acceptors (Lipinski definition) is 3. The summed E-state index contributed by atoms with van der Waals surface area (Å²) >= 11 is 1.51. The summed E-state index contributed by atoms with van der Waals surface area (Å²) in [5.74, 6) is -0.0657. The van der Waals surface area contributed by atoms with Gasteiger partial charge in [-0.3, -0.25) is 9.59 Å². The molecule has 0 saturated heterocycles. The van der Waals surface area contributed by atoms with Crippen LogP contribution in [0.5, 0.6) is 0 Å². The number of thioether (sulfide) groups is 1. The number of rotatable bonds is 7. The lowest BCUT2D eigenvalue weighted by molar-refractivity contribution is -0.122. The minimum atomic E-state index is -0.216. The fraction of sp³-hybridized carbons (Fsp3) is 0.333. The Morgan fingerprint density at radius 2 is 1.65 bits per heavy atom. The maximum Gasteiger partial charge on any atom is 0.243 e. The van der Waals surface area contributed by atoms with Crippen molar-refractivity contribution in [3.63, 3.8) is 0 Å². The number of hydrogen-bond donors (Lipinski definition) is 2. The lowest BCUT2D eigenvalue weighted by atomic mass is 10.1. The molecule has 0 atom stereocenters. The first kappa shape index (κ1) is 20.0. The molecule has 0 aromatic heterocycles. The van der Waals surface area contributed by atoms with Gasteiger partial charge in [0.05, 0.1) is 12.3 Å². The van der Waals surface area contributed by atoms with Crippen LogP contribution in [0.1, 0.15) is 29.2 Å². The molecule has 0 spiro atoms. The molecule has 0 saturated carbocycles. The number of amides is 2. The van der Waals surface area contributed by atoms with E-state index in [-0.39, 0.29) is 18.4 Å². The van der Waals surface area contributed by atoms with E-state index in [1.165, 1.54) is 28.5 Å². The molecule has 26 heavy (non-hydrogen) atoms. The molecule has 0 aliphatic carbocycles.